The fraction of sp³-hybridized carbons (Fsp3) is 0.429. The summed E-state index contributed by atoms with van der Waals surface area (Å²) in [6, 6.07) is 10.8. The molecule has 3 heterocycles. The van der Waals surface area contributed by atoms with Crippen molar-refractivity contribution in [3.8, 4) is 10.4 Å². The topological polar surface area (TPSA) is 52.7 Å². The minimum atomic E-state index is 0.0116. The summed E-state index contributed by atoms with van der Waals surface area (Å²) < 4.78 is 0. The Hall–Kier alpha value is -2.34. The molecule has 140 valence electrons. The van der Waals surface area contributed by atoms with Crippen molar-refractivity contribution in [1.29, 1.82) is 0 Å². The summed E-state index contributed by atoms with van der Waals surface area (Å²) in [5.41, 5.74) is 3.96. The number of nitrogens with one attached hydrogen (secondary N) is 1. The predicted molar refractivity (Wildman–Crippen MR) is 106 cm³/mol. The second-order valence-corrected chi connectivity index (χ2v) is 8.65. The van der Waals surface area contributed by atoms with Crippen LogP contribution in [0, 0.1) is 0 Å². The maximum Gasteiger partial charge on any atom is 0.317 e. The Morgan fingerprint density at radius 2 is 2.00 bits per heavy atom. The zero-order valence-electron chi connectivity index (χ0n) is 15.2. The molecule has 1 aromatic heterocycles. The van der Waals surface area contributed by atoms with Gasteiger partial charge in [-0.2, -0.15) is 0 Å². The molecule has 3 amide bonds. The largest absolute Gasteiger partial charge is 0.336 e. The van der Waals surface area contributed by atoms with Gasteiger partial charge in [0.1, 0.15) is 0 Å². The molecule has 5 nitrogen and oxygen atoms in total. The Bertz CT molecular complexity index is 907. The molecule has 27 heavy (non-hydrogen) atoms. The SMILES string of the molecule is O=C(c1cc2c(s1)-c1ccccc1CC2)N1CCC[C@H](N2CCNC2=O)C1. The first-order valence-corrected chi connectivity index (χ1v) is 10.6. The fourth-order valence-electron chi connectivity index (χ4n) is 4.56. The van der Waals surface area contributed by atoms with Crippen molar-refractivity contribution in [2.75, 3.05) is 26.2 Å². The molecule has 1 aliphatic carbocycles. The maximum absolute atomic E-state index is 13.2. The van der Waals surface area contributed by atoms with Crippen LogP contribution in [0.4, 0.5) is 4.79 Å². The normalized spacial score (nSPS) is 21.6. The van der Waals surface area contributed by atoms with E-state index in [-0.39, 0.29) is 18.0 Å². The van der Waals surface area contributed by atoms with E-state index in [1.54, 1.807) is 11.3 Å². The molecular formula is C21H23N3O2S. The zero-order chi connectivity index (χ0) is 18.4. The second-order valence-electron chi connectivity index (χ2n) is 7.59. The third-order valence-electron chi connectivity index (χ3n) is 5.96. The third-order valence-corrected chi connectivity index (χ3v) is 7.16. The van der Waals surface area contributed by atoms with Crippen molar-refractivity contribution in [2.24, 2.45) is 0 Å². The van der Waals surface area contributed by atoms with Crippen LogP contribution in [0.1, 0.15) is 33.6 Å². The van der Waals surface area contributed by atoms with Gasteiger partial charge >= 0.3 is 6.03 Å². The number of rotatable bonds is 2. The van der Waals surface area contributed by atoms with Gasteiger partial charge in [0.25, 0.3) is 5.91 Å². The lowest BCUT2D eigenvalue weighted by Gasteiger charge is -2.36. The lowest BCUT2D eigenvalue weighted by atomic mass is 9.91. The van der Waals surface area contributed by atoms with Gasteiger partial charge in [0.2, 0.25) is 0 Å². The van der Waals surface area contributed by atoms with E-state index >= 15 is 0 Å². The van der Waals surface area contributed by atoms with E-state index in [1.165, 1.54) is 21.6 Å². The Labute approximate surface area is 163 Å². The lowest BCUT2D eigenvalue weighted by Crippen LogP contribution is -2.50. The molecule has 0 unspecified atom stereocenters. The molecule has 3 aliphatic rings. The summed E-state index contributed by atoms with van der Waals surface area (Å²) in [6.45, 7) is 2.88. The van der Waals surface area contributed by atoms with Crippen LogP contribution in [0.2, 0.25) is 0 Å². The molecule has 0 saturated carbocycles. The van der Waals surface area contributed by atoms with Crippen LogP contribution >= 0.6 is 11.3 Å². The van der Waals surface area contributed by atoms with E-state index in [4.69, 9.17) is 0 Å². The van der Waals surface area contributed by atoms with E-state index in [0.29, 0.717) is 13.1 Å². The number of urea groups is 1. The highest BCUT2D eigenvalue weighted by molar-refractivity contribution is 7.17. The third kappa shape index (κ3) is 2.92. The van der Waals surface area contributed by atoms with Crippen molar-refractivity contribution in [1.82, 2.24) is 15.1 Å². The Kier molecular flexibility index (Phi) is 4.16. The average molecular weight is 382 g/mol. The van der Waals surface area contributed by atoms with Crippen LogP contribution in [-0.2, 0) is 12.8 Å². The molecule has 2 fully saturated rings. The molecule has 1 aromatic carbocycles. The maximum atomic E-state index is 13.2. The number of carbonyl (C=O) groups excluding carboxylic acids is 2. The highest BCUT2D eigenvalue weighted by Gasteiger charge is 2.34. The molecular weight excluding hydrogens is 358 g/mol. The van der Waals surface area contributed by atoms with Gasteiger partial charge in [0.05, 0.1) is 10.9 Å². The molecule has 6 heteroatoms. The number of hydrogen-bond donors (Lipinski definition) is 1. The quantitative estimate of drug-likeness (QED) is 0.869. The number of benzene rings is 1. The molecule has 2 aromatic rings. The minimum Gasteiger partial charge on any atom is -0.336 e. The van der Waals surface area contributed by atoms with Crippen molar-refractivity contribution >= 4 is 23.3 Å². The molecule has 0 bridgehead atoms. The highest BCUT2D eigenvalue weighted by atomic mass is 32.1. The number of fused-ring (bicyclic) bond motifs is 3. The number of carbonyl (C=O) groups is 2. The molecule has 1 N–H and O–H groups in total. The van der Waals surface area contributed by atoms with E-state index < -0.39 is 0 Å². The van der Waals surface area contributed by atoms with Gasteiger partial charge < -0.3 is 15.1 Å². The number of amides is 3. The molecule has 0 radical (unpaired) electrons. The molecule has 0 spiro atoms. The van der Waals surface area contributed by atoms with Crippen molar-refractivity contribution < 1.29 is 9.59 Å². The second kappa shape index (κ2) is 6.68. The minimum absolute atomic E-state index is 0.0116. The number of thiophene rings is 1. The van der Waals surface area contributed by atoms with E-state index in [1.807, 2.05) is 9.80 Å². The monoisotopic (exact) mass is 381 g/mol. The molecule has 2 aliphatic heterocycles. The summed E-state index contributed by atoms with van der Waals surface area (Å²) in [5.74, 6) is 0.121. The van der Waals surface area contributed by atoms with Crippen LogP contribution < -0.4 is 5.32 Å². The zero-order valence-corrected chi connectivity index (χ0v) is 16.1. The van der Waals surface area contributed by atoms with E-state index in [9.17, 15) is 9.59 Å². The summed E-state index contributed by atoms with van der Waals surface area (Å²) in [4.78, 5) is 31.1. The van der Waals surface area contributed by atoms with Crippen LogP contribution in [0.15, 0.2) is 30.3 Å². The van der Waals surface area contributed by atoms with Crippen molar-refractivity contribution in [3.63, 3.8) is 0 Å². The average Bonchev–Trinajstić information content (AvgIpc) is 3.33. The van der Waals surface area contributed by atoms with Gasteiger partial charge in [-0.25, -0.2) is 4.79 Å². The van der Waals surface area contributed by atoms with Crippen LogP contribution in [-0.4, -0.2) is 54.0 Å². The van der Waals surface area contributed by atoms with Crippen LogP contribution in [0.5, 0.6) is 0 Å². The number of aryl methyl sites for hydroxylation is 2. The molecule has 2 saturated heterocycles. The van der Waals surface area contributed by atoms with Gasteiger partial charge in [-0.15, -0.1) is 11.3 Å². The number of nitrogens with zero attached hydrogens (tertiary/aromatic N) is 2. The highest BCUT2D eigenvalue weighted by Crippen LogP contribution is 2.40. The summed E-state index contributed by atoms with van der Waals surface area (Å²) in [5, 5.41) is 2.87. The number of likely N-dealkylation sites (tertiary alicyclic amines) is 1. The first-order valence-electron chi connectivity index (χ1n) is 9.75. The predicted octanol–water partition coefficient (Wildman–Crippen LogP) is 3.14. The molecule has 1 atom stereocenters. The Morgan fingerprint density at radius 3 is 2.85 bits per heavy atom. The smallest absolute Gasteiger partial charge is 0.317 e. The summed E-state index contributed by atoms with van der Waals surface area (Å²) >= 11 is 1.63. The van der Waals surface area contributed by atoms with Gasteiger partial charge in [0.15, 0.2) is 0 Å². The molecule has 5 rings (SSSR count). The Morgan fingerprint density at radius 1 is 1.15 bits per heavy atom. The van der Waals surface area contributed by atoms with E-state index in [0.717, 1.165) is 43.6 Å². The first kappa shape index (κ1) is 16.8. The number of piperidine rings is 1. The van der Waals surface area contributed by atoms with Gasteiger partial charge in [-0.1, -0.05) is 24.3 Å². The van der Waals surface area contributed by atoms with Crippen LogP contribution in [0.3, 0.4) is 0 Å². The lowest BCUT2D eigenvalue weighted by molar-refractivity contribution is 0.0639. The summed E-state index contributed by atoms with van der Waals surface area (Å²) in [6.07, 6.45) is 3.98. The van der Waals surface area contributed by atoms with Crippen molar-refractivity contribution in [2.45, 2.75) is 31.7 Å². The van der Waals surface area contributed by atoms with Gasteiger partial charge in [0, 0.05) is 31.1 Å². The van der Waals surface area contributed by atoms with E-state index in [2.05, 4.69) is 35.6 Å². The van der Waals surface area contributed by atoms with Gasteiger partial charge in [-0.05, 0) is 48.4 Å². The van der Waals surface area contributed by atoms with Crippen LogP contribution in [0.25, 0.3) is 10.4 Å². The Balaban J connectivity index is 1.37. The van der Waals surface area contributed by atoms with Gasteiger partial charge in [-0.3, -0.25) is 4.79 Å². The summed E-state index contributed by atoms with van der Waals surface area (Å²) in [7, 11) is 0. The fourth-order valence-corrected chi connectivity index (χ4v) is 5.80. The number of hydrogen-bond acceptors (Lipinski definition) is 3. The first-order chi connectivity index (χ1) is 13.2. The van der Waals surface area contributed by atoms with Crippen molar-refractivity contribution in [3.05, 3.63) is 46.3 Å². The standard InChI is InChI=1S/C21H23N3O2S/c25-20(23-10-3-5-16(13-23)24-11-9-22-21(24)26)18-12-15-8-7-14-4-1-2-6-17(14)19(15)27-18/h1-2,4,6,12,16H,3,5,7-11,13H2,(H,22,26)/t16-/m0/s1.